The molecule has 0 radical (unpaired) electrons. The average molecular weight is 427 g/mol. The maximum atomic E-state index is 13.2. The molecule has 4 nitrogen and oxygen atoms in total. The van der Waals surface area contributed by atoms with Crippen molar-refractivity contribution in [2.45, 2.75) is 52.0 Å². The second kappa shape index (κ2) is 10.1. The fourth-order valence-corrected chi connectivity index (χ4v) is 4.24. The summed E-state index contributed by atoms with van der Waals surface area (Å²) in [7, 11) is 0. The van der Waals surface area contributed by atoms with Gasteiger partial charge in [0.2, 0.25) is 11.8 Å². The van der Waals surface area contributed by atoms with Gasteiger partial charge in [0, 0.05) is 18.1 Å². The maximum absolute atomic E-state index is 13.2. The van der Waals surface area contributed by atoms with Crippen LogP contribution >= 0.6 is 11.6 Å². The number of rotatable bonds is 6. The van der Waals surface area contributed by atoms with Crippen LogP contribution in [0, 0.1) is 12.8 Å². The molecule has 0 aliphatic carbocycles. The molecule has 1 heterocycles. The van der Waals surface area contributed by atoms with Crippen LogP contribution in [0.3, 0.4) is 0 Å². The summed E-state index contributed by atoms with van der Waals surface area (Å²) in [5.74, 6) is 0.397. The number of aryl methyl sites for hydroxylation is 1. The van der Waals surface area contributed by atoms with E-state index in [1.807, 2.05) is 62.1 Å². The van der Waals surface area contributed by atoms with Gasteiger partial charge in [-0.3, -0.25) is 9.59 Å². The zero-order valence-electron chi connectivity index (χ0n) is 18.0. The van der Waals surface area contributed by atoms with Crippen molar-refractivity contribution in [2.24, 2.45) is 5.92 Å². The van der Waals surface area contributed by atoms with Gasteiger partial charge in [0.05, 0.1) is 6.42 Å². The molecule has 2 aromatic rings. The molecule has 0 spiro atoms. The van der Waals surface area contributed by atoms with E-state index in [-0.39, 0.29) is 24.2 Å². The topological polar surface area (TPSA) is 49.4 Å². The zero-order valence-corrected chi connectivity index (χ0v) is 18.8. The highest BCUT2D eigenvalue weighted by atomic mass is 35.5. The lowest BCUT2D eigenvalue weighted by molar-refractivity contribution is -0.138. The number of nitrogens with zero attached hydrogens (tertiary/aromatic N) is 1. The summed E-state index contributed by atoms with van der Waals surface area (Å²) in [6.45, 7) is 7.40. The van der Waals surface area contributed by atoms with Crippen LogP contribution in [0.25, 0.3) is 0 Å². The monoisotopic (exact) mass is 426 g/mol. The van der Waals surface area contributed by atoms with Gasteiger partial charge < -0.3 is 10.2 Å². The molecular formula is C25H31ClN2O2. The third kappa shape index (κ3) is 5.85. The Morgan fingerprint density at radius 1 is 1.10 bits per heavy atom. The van der Waals surface area contributed by atoms with Gasteiger partial charge in [-0.1, -0.05) is 67.4 Å². The Labute approximate surface area is 184 Å². The summed E-state index contributed by atoms with van der Waals surface area (Å²) in [6, 6.07) is 15.4. The third-order valence-corrected chi connectivity index (χ3v) is 6.10. The van der Waals surface area contributed by atoms with Crippen LogP contribution in [0.4, 0.5) is 0 Å². The molecule has 1 N–H and O–H groups in total. The van der Waals surface area contributed by atoms with Gasteiger partial charge in [-0.05, 0) is 54.9 Å². The van der Waals surface area contributed by atoms with Crippen LogP contribution in [-0.2, 0) is 16.0 Å². The Morgan fingerprint density at radius 2 is 1.77 bits per heavy atom. The van der Waals surface area contributed by atoms with Gasteiger partial charge in [0.15, 0.2) is 0 Å². The molecule has 1 aliphatic rings. The van der Waals surface area contributed by atoms with Gasteiger partial charge in [0.25, 0.3) is 0 Å². The van der Waals surface area contributed by atoms with Gasteiger partial charge in [0.1, 0.15) is 6.04 Å². The summed E-state index contributed by atoms with van der Waals surface area (Å²) >= 11 is 5.99. The Hall–Kier alpha value is -2.33. The lowest BCUT2D eigenvalue weighted by atomic mass is 9.89. The highest BCUT2D eigenvalue weighted by Gasteiger charge is 2.31. The molecule has 30 heavy (non-hydrogen) atoms. The smallest absolute Gasteiger partial charge is 0.245 e. The Kier molecular flexibility index (Phi) is 7.54. The highest BCUT2D eigenvalue weighted by Crippen LogP contribution is 2.29. The molecule has 0 bridgehead atoms. The van der Waals surface area contributed by atoms with E-state index < -0.39 is 6.04 Å². The maximum Gasteiger partial charge on any atom is 0.245 e. The Balaban J connectivity index is 1.57. The van der Waals surface area contributed by atoms with Crippen LogP contribution in [0.5, 0.6) is 0 Å². The fraction of sp³-hybridized carbons (Fsp3) is 0.440. The number of halogens is 1. The SMILES string of the molecule is Cc1cccc(CC(=O)NC(C(=O)N2CCC(c3ccc(Cl)cc3)CC2)C(C)C)c1. The van der Waals surface area contributed by atoms with Crippen LogP contribution in [0.15, 0.2) is 48.5 Å². The Morgan fingerprint density at radius 3 is 2.37 bits per heavy atom. The zero-order chi connectivity index (χ0) is 21.7. The van der Waals surface area contributed by atoms with Crippen molar-refractivity contribution in [1.29, 1.82) is 0 Å². The molecular weight excluding hydrogens is 396 g/mol. The lowest BCUT2D eigenvalue weighted by Crippen LogP contribution is -2.53. The fourth-order valence-electron chi connectivity index (χ4n) is 4.11. The normalized spacial score (nSPS) is 15.8. The van der Waals surface area contributed by atoms with Crippen molar-refractivity contribution in [1.82, 2.24) is 10.2 Å². The van der Waals surface area contributed by atoms with Crippen molar-refractivity contribution in [3.05, 3.63) is 70.2 Å². The van der Waals surface area contributed by atoms with E-state index >= 15 is 0 Å². The van der Waals surface area contributed by atoms with Crippen molar-refractivity contribution >= 4 is 23.4 Å². The number of carbonyl (C=O) groups excluding carboxylic acids is 2. The van der Waals surface area contributed by atoms with Gasteiger partial charge in [-0.15, -0.1) is 0 Å². The number of hydrogen-bond acceptors (Lipinski definition) is 2. The second-order valence-corrected chi connectivity index (χ2v) is 9.04. The molecule has 1 fully saturated rings. The number of likely N-dealkylation sites (tertiary alicyclic amines) is 1. The summed E-state index contributed by atoms with van der Waals surface area (Å²) in [5.41, 5.74) is 3.37. The number of carbonyl (C=O) groups is 2. The standard InChI is InChI=1S/C25H31ClN2O2/c1-17(2)24(27-23(29)16-19-6-4-5-18(3)15-19)25(30)28-13-11-21(12-14-28)20-7-9-22(26)10-8-20/h4-10,15,17,21,24H,11-14,16H2,1-3H3,(H,27,29). The van der Waals surface area contributed by atoms with E-state index in [9.17, 15) is 9.59 Å². The first kappa shape index (κ1) is 22.4. The molecule has 1 saturated heterocycles. The van der Waals surface area contributed by atoms with Crippen LogP contribution < -0.4 is 5.32 Å². The first-order chi connectivity index (χ1) is 14.3. The van der Waals surface area contributed by atoms with E-state index in [1.165, 1.54) is 5.56 Å². The van der Waals surface area contributed by atoms with E-state index in [2.05, 4.69) is 17.4 Å². The molecule has 1 atom stereocenters. The first-order valence-electron chi connectivity index (χ1n) is 10.7. The van der Waals surface area contributed by atoms with Crippen molar-refractivity contribution < 1.29 is 9.59 Å². The molecule has 2 aromatic carbocycles. The second-order valence-electron chi connectivity index (χ2n) is 8.61. The molecule has 2 amide bonds. The quantitative estimate of drug-likeness (QED) is 0.725. The van der Waals surface area contributed by atoms with Crippen molar-refractivity contribution in [3.8, 4) is 0 Å². The molecule has 0 aromatic heterocycles. The first-order valence-corrected chi connectivity index (χ1v) is 11.1. The van der Waals surface area contributed by atoms with Gasteiger partial charge in [-0.2, -0.15) is 0 Å². The van der Waals surface area contributed by atoms with E-state index in [0.717, 1.165) is 29.0 Å². The van der Waals surface area contributed by atoms with E-state index in [1.54, 1.807) is 0 Å². The molecule has 1 aliphatic heterocycles. The summed E-state index contributed by atoms with van der Waals surface area (Å²) in [5, 5.41) is 3.73. The largest absolute Gasteiger partial charge is 0.344 e. The highest BCUT2D eigenvalue weighted by molar-refractivity contribution is 6.30. The lowest BCUT2D eigenvalue weighted by Gasteiger charge is -2.35. The summed E-state index contributed by atoms with van der Waals surface area (Å²) < 4.78 is 0. The van der Waals surface area contributed by atoms with E-state index in [0.29, 0.717) is 19.0 Å². The minimum absolute atomic E-state index is 0.0251. The van der Waals surface area contributed by atoms with Crippen molar-refractivity contribution in [3.63, 3.8) is 0 Å². The van der Waals surface area contributed by atoms with Crippen LogP contribution in [0.1, 0.15) is 49.3 Å². The molecule has 0 saturated carbocycles. The van der Waals surface area contributed by atoms with Gasteiger partial charge >= 0.3 is 0 Å². The summed E-state index contributed by atoms with van der Waals surface area (Å²) in [4.78, 5) is 27.7. The van der Waals surface area contributed by atoms with Crippen molar-refractivity contribution in [2.75, 3.05) is 13.1 Å². The number of piperidine rings is 1. The number of hydrogen-bond donors (Lipinski definition) is 1. The van der Waals surface area contributed by atoms with E-state index in [4.69, 9.17) is 11.6 Å². The predicted octanol–water partition coefficient (Wildman–Crippen LogP) is 4.74. The molecule has 5 heteroatoms. The third-order valence-electron chi connectivity index (χ3n) is 5.84. The Bertz CT molecular complexity index is 871. The van der Waals surface area contributed by atoms with Crippen LogP contribution in [-0.4, -0.2) is 35.8 Å². The molecule has 1 unspecified atom stereocenters. The number of nitrogens with one attached hydrogen (secondary N) is 1. The number of amides is 2. The minimum atomic E-state index is -0.491. The predicted molar refractivity (Wildman–Crippen MR) is 122 cm³/mol. The minimum Gasteiger partial charge on any atom is -0.344 e. The average Bonchev–Trinajstić information content (AvgIpc) is 2.72. The van der Waals surface area contributed by atoms with Gasteiger partial charge in [-0.25, -0.2) is 0 Å². The van der Waals surface area contributed by atoms with Crippen LogP contribution in [0.2, 0.25) is 5.02 Å². The summed E-state index contributed by atoms with van der Waals surface area (Å²) in [6.07, 6.45) is 2.14. The number of benzene rings is 2. The molecule has 160 valence electrons. The molecule has 3 rings (SSSR count).